The maximum atomic E-state index is 12.4. The van der Waals surface area contributed by atoms with E-state index >= 15 is 0 Å². The van der Waals surface area contributed by atoms with Gasteiger partial charge >= 0.3 is 5.24 Å². The number of thioether (sulfide) groups is 1. The summed E-state index contributed by atoms with van der Waals surface area (Å²) in [6, 6.07) is 16.2. The highest BCUT2D eigenvalue weighted by atomic mass is 32.2. The van der Waals surface area contributed by atoms with E-state index in [1.165, 1.54) is 16.8 Å². The molecule has 0 spiro atoms. The highest BCUT2D eigenvalue weighted by molar-refractivity contribution is 8.14. The molecule has 2 amide bonds. The third-order valence-electron chi connectivity index (χ3n) is 4.99. The Balaban J connectivity index is 1.46. The van der Waals surface area contributed by atoms with E-state index in [1.54, 1.807) is 50.9 Å². The molecule has 0 radical (unpaired) electrons. The number of benzene rings is 2. The van der Waals surface area contributed by atoms with Gasteiger partial charge in [-0.05, 0) is 48.0 Å². The van der Waals surface area contributed by atoms with Crippen LogP contribution in [0.1, 0.15) is 21.5 Å². The fourth-order valence-electron chi connectivity index (χ4n) is 3.25. The third kappa shape index (κ3) is 5.32. The topological polar surface area (TPSA) is 93.1 Å². The van der Waals surface area contributed by atoms with E-state index in [4.69, 9.17) is 9.47 Å². The van der Waals surface area contributed by atoms with Gasteiger partial charge in [-0.15, -0.1) is 0 Å². The number of aromatic nitrogens is 1. The van der Waals surface area contributed by atoms with Gasteiger partial charge in [0.2, 0.25) is 0 Å². The molecule has 9 heteroatoms. The number of rotatable bonds is 7. The summed E-state index contributed by atoms with van der Waals surface area (Å²) in [6.07, 6.45) is 3.14. The first-order valence-corrected chi connectivity index (χ1v) is 11.1. The van der Waals surface area contributed by atoms with Crippen molar-refractivity contribution in [3.05, 3.63) is 83.7 Å². The van der Waals surface area contributed by atoms with Gasteiger partial charge in [-0.1, -0.05) is 23.9 Å². The predicted octanol–water partition coefficient (Wildman–Crippen LogP) is 4.42. The van der Waals surface area contributed by atoms with Crippen molar-refractivity contribution < 1.29 is 19.1 Å². The lowest BCUT2D eigenvalue weighted by molar-refractivity contribution is 0.102. The fraction of sp³-hybridized carbons (Fsp3) is 0.167. The number of hydrogen-bond acceptors (Lipinski definition) is 7. The SMILES string of the molecule is COc1ccc(C2=NN(Cc3ccc(NC(=O)c4ccncc4)cc3)C(=O)SC2)cc1OC. The van der Waals surface area contributed by atoms with Crippen LogP contribution in [0.4, 0.5) is 10.5 Å². The molecule has 2 heterocycles. The highest BCUT2D eigenvalue weighted by Gasteiger charge is 2.23. The van der Waals surface area contributed by atoms with Gasteiger partial charge in [0.25, 0.3) is 5.91 Å². The number of ether oxygens (including phenoxy) is 2. The second-order valence-electron chi connectivity index (χ2n) is 7.12. The Morgan fingerprint density at radius 3 is 2.45 bits per heavy atom. The number of hydrazone groups is 1. The largest absolute Gasteiger partial charge is 0.493 e. The van der Waals surface area contributed by atoms with Gasteiger partial charge in [-0.3, -0.25) is 14.6 Å². The number of pyridine rings is 1. The van der Waals surface area contributed by atoms with Crippen molar-refractivity contribution in [1.29, 1.82) is 0 Å². The number of nitrogens with one attached hydrogen (secondary N) is 1. The summed E-state index contributed by atoms with van der Waals surface area (Å²) in [5.41, 5.74) is 3.73. The minimum absolute atomic E-state index is 0.116. The molecule has 1 aromatic heterocycles. The van der Waals surface area contributed by atoms with Crippen LogP contribution in [0, 0.1) is 0 Å². The lowest BCUT2D eigenvalue weighted by Gasteiger charge is -2.23. The fourth-order valence-corrected chi connectivity index (χ4v) is 3.99. The smallest absolute Gasteiger partial charge is 0.302 e. The maximum absolute atomic E-state index is 12.4. The molecule has 0 saturated carbocycles. The van der Waals surface area contributed by atoms with Gasteiger partial charge in [-0.25, -0.2) is 5.01 Å². The Labute approximate surface area is 195 Å². The van der Waals surface area contributed by atoms with Crippen LogP contribution in [0.2, 0.25) is 0 Å². The van der Waals surface area contributed by atoms with E-state index < -0.39 is 0 Å². The van der Waals surface area contributed by atoms with Crippen molar-refractivity contribution in [2.75, 3.05) is 25.3 Å². The van der Waals surface area contributed by atoms with Crippen molar-refractivity contribution in [3.8, 4) is 11.5 Å². The second kappa shape index (κ2) is 10.2. The normalized spacial score (nSPS) is 13.3. The summed E-state index contributed by atoms with van der Waals surface area (Å²) in [4.78, 5) is 28.6. The van der Waals surface area contributed by atoms with Gasteiger partial charge in [-0.2, -0.15) is 5.10 Å². The summed E-state index contributed by atoms with van der Waals surface area (Å²) in [5, 5.41) is 8.76. The van der Waals surface area contributed by atoms with E-state index in [9.17, 15) is 9.59 Å². The molecule has 0 bridgehead atoms. The van der Waals surface area contributed by atoms with Crippen molar-refractivity contribution >= 4 is 34.3 Å². The van der Waals surface area contributed by atoms with Crippen molar-refractivity contribution in [1.82, 2.24) is 9.99 Å². The Morgan fingerprint density at radius 2 is 1.76 bits per heavy atom. The molecule has 1 aliphatic heterocycles. The van der Waals surface area contributed by atoms with E-state index in [-0.39, 0.29) is 11.1 Å². The Hall–Kier alpha value is -3.85. The van der Waals surface area contributed by atoms with Crippen molar-refractivity contribution in [2.45, 2.75) is 6.54 Å². The molecular formula is C24H22N4O4S. The van der Waals surface area contributed by atoms with E-state index in [0.717, 1.165) is 16.8 Å². The van der Waals surface area contributed by atoms with Gasteiger partial charge < -0.3 is 14.8 Å². The Kier molecular flexibility index (Phi) is 6.89. The zero-order chi connectivity index (χ0) is 23.2. The summed E-state index contributed by atoms with van der Waals surface area (Å²) in [5.74, 6) is 1.51. The van der Waals surface area contributed by atoms with E-state index in [2.05, 4.69) is 15.4 Å². The molecule has 0 aliphatic carbocycles. The average molecular weight is 463 g/mol. The van der Waals surface area contributed by atoms with Gasteiger partial charge in [0.05, 0.1) is 26.5 Å². The van der Waals surface area contributed by atoms with Gasteiger partial charge in [0, 0.05) is 35.0 Å². The maximum Gasteiger partial charge on any atom is 0.302 e. The number of anilines is 1. The highest BCUT2D eigenvalue weighted by Crippen LogP contribution is 2.30. The number of carbonyl (C=O) groups excluding carboxylic acids is 2. The van der Waals surface area contributed by atoms with Gasteiger partial charge in [0.1, 0.15) is 0 Å². The molecule has 3 aromatic rings. The number of carbonyl (C=O) groups is 2. The van der Waals surface area contributed by atoms with Crippen LogP contribution >= 0.6 is 11.8 Å². The molecule has 0 saturated heterocycles. The molecule has 33 heavy (non-hydrogen) atoms. The predicted molar refractivity (Wildman–Crippen MR) is 128 cm³/mol. The number of hydrogen-bond donors (Lipinski definition) is 1. The van der Waals surface area contributed by atoms with Crippen LogP contribution in [-0.4, -0.2) is 46.8 Å². The molecular weight excluding hydrogens is 440 g/mol. The van der Waals surface area contributed by atoms with Crippen LogP contribution in [-0.2, 0) is 6.54 Å². The molecule has 1 N–H and O–H groups in total. The molecule has 168 valence electrons. The summed E-state index contributed by atoms with van der Waals surface area (Å²) in [7, 11) is 3.17. The number of methoxy groups -OCH3 is 2. The van der Waals surface area contributed by atoms with E-state index in [1.807, 2.05) is 30.3 Å². The minimum Gasteiger partial charge on any atom is -0.493 e. The first-order valence-electron chi connectivity index (χ1n) is 10.1. The molecule has 1 aliphatic rings. The monoisotopic (exact) mass is 462 g/mol. The average Bonchev–Trinajstić information content (AvgIpc) is 2.86. The summed E-state index contributed by atoms with van der Waals surface area (Å²) in [6.45, 7) is 0.321. The standard InChI is InChI=1S/C24H22N4O4S/c1-31-21-8-5-18(13-22(21)32-2)20-15-33-24(30)28(27-20)14-16-3-6-19(7-4-16)26-23(29)17-9-11-25-12-10-17/h3-13H,14-15H2,1-2H3,(H,26,29). The first kappa shape index (κ1) is 22.3. The van der Waals surface area contributed by atoms with Crippen LogP contribution < -0.4 is 14.8 Å². The third-order valence-corrected chi connectivity index (χ3v) is 5.86. The molecule has 0 unspecified atom stereocenters. The molecule has 0 fully saturated rings. The molecule has 4 rings (SSSR count). The van der Waals surface area contributed by atoms with Crippen molar-refractivity contribution in [2.24, 2.45) is 5.10 Å². The molecule has 8 nitrogen and oxygen atoms in total. The summed E-state index contributed by atoms with van der Waals surface area (Å²) >= 11 is 1.20. The van der Waals surface area contributed by atoms with Crippen LogP contribution in [0.15, 0.2) is 72.1 Å². The quantitative estimate of drug-likeness (QED) is 0.559. The number of amides is 2. The van der Waals surface area contributed by atoms with Crippen molar-refractivity contribution in [3.63, 3.8) is 0 Å². The van der Waals surface area contributed by atoms with Crippen LogP contribution in [0.5, 0.6) is 11.5 Å². The first-order chi connectivity index (χ1) is 16.1. The zero-order valence-corrected chi connectivity index (χ0v) is 19.0. The summed E-state index contributed by atoms with van der Waals surface area (Å²) < 4.78 is 10.7. The van der Waals surface area contributed by atoms with Crippen LogP contribution in [0.3, 0.4) is 0 Å². The zero-order valence-electron chi connectivity index (χ0n) is 18.1. The lowest BCUT2D eigenvalue weighted by Crippen LogP contribution is -2.29. The minimum atomic E-state index is -0.211. The Bertz CT molecular complexity index is 1180. The second-order valence-corrected chi connectivity index (χ2v) is 8.04. The molecule has 2 aromatic carbocycles. The van der Waals surface area contributed by atoms with Crippen LogP contribution in [0.25, 0.3) is 0 Å². The molecule has 0 atom stereocenters. The van der Waals surface area contributed by atoms with Gasteiger partial charge in [0.15, 0.2) is 11.5 Å². The number of nitrogens with zero attached hydrogens (tertiary/aromatic N) is 3. The lowest BCUT2D eigenvalue weighted by atomic mass is 10.1. The Morgan fingerprint density at radius 1 is 1.03 bits per heavy atom. The van der Waals surface area contributed by atoms with E-state index in [0.29, 0.717) is 35.0 Å².